The minimum absolute atomic E-state index is 0.0555. The highest BCUT2D eigenvalue weighted by molar-refractivity contribution is 5.71. The van der Waals surface area contributed by atoms with Crippen molar-refractivity contribution in [1.82, 2.24) is 4.90 Å². The first kappa shape index (κ1) is 12.2. The van der Waals surface area contributed by atoms with E-state index < -0.39 is 6.03 Å². The van der Waals surface area contributed by atoms with E-state index in [1.165, 1.54) is 4.90 Å². The van der Waals surface area contributed by atoms with Gasteiger partial charge in [-0.05, 0) is 13.3 Å². The molecule has 0 bridgehead atoms. The van der Waals surface area contributed by atoms with Crippen LogP contribution in [0.25, 0.3) is 0 Å². The van der Waals surface area contributed by atoms with Crippen LogP contribution in [-0.4, -0.2) is 48.9 Å². The van der Waals surface area contributed by atoms with Gasteiger partial charge in [-0.3, -0.25) is 0 Å². The molecule has 0 aliphatic carbocycles. The first-order chi connectivity index (χ1) is 6.22. The molecule has 0 spiro atoms. The molecule has 0 rings (SSSR count). The van der Waals surface area contributed by atoms with Gasteiger partial charge in [0.15, 0.2) is 0 Å². The maximum Gasteiger partial charge on any atom is 0.314 e. The molecule has 0 aromatic rings. The standard InChI is InChI=1S/C8H17N2O3/c1-2-13-7-5-10(8(9)12)4-3-6-11/h11H,1-7H2,(H2,9,12). The smallest absolute Gasteiger partial charge is 0.314 e. The lowest BCUT2D eigenvalue weighted by Crippen LogP contribution is -2.39. The highest BCUT2D eigenvalue weighted by Crippen LogP contribution is 1.91. The SMILES string of the molecule is [CH2]COCCN(CCCO)C(N)=O. The molecule has 5 heteroatoms. The zero-order valence-electron chi connectivity index (χ0n) is 7.74. The van der Waals surface area contributed by atoms with Gasteiger partial charge in [0.2, 0.25) is 0 Å². The first-order valence-electron chi connectivity index (χ1n) is 4.24. The Labute approximate surface area is 78.5 Å². The molecule has 0 heterocycles. The van der Waals surface area contributed by atoms with Crippen LogP contribution in [0, 0.1) is 6.92 Å². The summed E-state index contributed by atoms with van der Waals surface area (Å²) in [6.45, 7) is 5.27. The van der Waals surface area contributed by atoms with Crippen molar-refractivity contribution in [3.05, 3.63) is 6.92 Å². The van der Waals surface area contributed by atoms with Gasteiger partial charge in [0, 0.05) is 26.3 Å². The van der Waals surface area contributed by atoms with Crippen LogP contribution >= 0.6 is 0 Å². The van der Waals surface area contributed by atoms with E-state index in [1.54, 1.807) is 0 Å². The normalized spacial score (nSPS) is 10.0. The maximum atomic E-state index is 10.8. The van der Waals surface area contributed by atoms with E-state index in [2.05, 4.69) is 6.92 Å². The number of hydrogen-bond donors (Lipinski definition) is 2. The second-order valence-electron chi connectivity index (χ2n) is 2.51. The van der Waals surface area contributed by atoms with Crippen molar-refractivity contribution >= 4 is 6.03 Å². The number of urea groups is 1. The summed E-state index contributed by atoms with van der Waals surface area (Å²) in [5.74, 6) is 0. The lowest BCUT2D eigenvalue weighted by Gasteiger charge is -2.19. The number of primary amides is 1. The van der Waals surface area contributed by atoms with Gasteiger partial charge in [0.1, 0.15) is 0 Å². The molecule has 1 radical (unpaired) electrons. The van der Waals surface area contributed by atoms with E-state index in [0.29, 0.717) is 32.7 Å². The van der Waals surface area contributed by atoms with Crippen molar-refractivity contribution in [3.63, 3.8) is 0 Å². The largest absolute Gasteiger partial charge is 0.396 e. The molecular weight excluding hydrogens is 172 g/mol. The second kappa shape index (κ2) is 7.82. The maximum absolute atomic E-state index is 10.8. The van der Waals surface area contributed by atoms with E-state index in [-0.39, 0.29) is 6.61 Å². The molecule has 0 aromatic carbocycles. The topological polar surface area (TPSA) is 75.8 Å². The van der Waals surface area contributed by atoms with Crippen LogP contribution in [0.5, 0.6) is 0 Å². The van der Waals surface area contributed by atoms with E-state index in [0.717, 1.165) is 0 Å². The molecule has 0 unspecified atom stereocenters. The van der Waals surface area contributed by atoms with Crippen LogP contribution in [0.3, 0.4) is 0 Å². The van der Waals surface area contributed by atoms with Crippen LogP contribution in [0.4, 0.5) is 4.79 Å². The number of rotatable bonds is 7. The van der Waals surface area contributed by atoms with Gasteiger partial charge < -0.3 is 20.5 Å². The summed E-state index contributed by atoms with van der Waals surface area (Å²) < 4.78 is 4.97. The van der Waals surface area contributed by atoms with Crippen LogP contribution in [0.2, 0.25) is 0 Å². The fourth-order valence-electron chi connectivity index (χ4n) is 0.871. The summed E-state index contributed by atoms with van der Waals surface area (Å²) in [4.78, 5) is 12.2. The quantitative estimate of drug-likeness (QED) is 0.535. The Bertz CT molecular complexity index is 141. The minimum atomic E-state index is -0.485. The highest BCUT2D eigenvalue weighted by atomic mass is 16.5. The third-order valence-electron chi connectivity index (χ3n) is 1.55. The molecule has 0 aliphatic rings. The van der Waals surface area contributed by atoms with Gasteiger partial charge in [-0.2, -0.15) is 0 Å². The van der Waals surface area contributed by atoms with Crippen molar-refractivity contribution in [1.29, 1.82) is 0 Å². The monoisotopic (exact) mass is 189 g/mol. The minimum Gasteiger partial charge on any atom is -0.396 e. The lowest BCUT2D eigenvalue weighted by molar-refractivity contribution is 0.127. The molecule has 0 atom stereocenters. The van der Waals surface area contributed by atoms with Crippen molar-refractivity contribution in [2.45, 2.75) is 6.42 Å². The predicted molar refractivity (Wildman–Crippen MR) is 49.0 cm³/mol. The lowest BCUT2D eigenvalue weighted by atomic mass is 10.4. The Balaban J connectivity index is 3.61. The summed E-state index contributed by atoms with van der Waals surface area (Å²) >= 11 is 0. The predicted octanol–water partition coefficient (Wildman–Crippen LogP) is -0.400. The van der Waals surface area contributed by atoms with Crippen molar-refractivity contribution < 1.29 is 14.6 Å². The second-order valence-corrected chi connectivity index (χ2v) is 2.51. The molecule has 5 nitrogen and oxygen atoms in total. The highest BCUT2D eigenvalue weighted by Gasteiger charge is 2.07. The Morgan fingerprint density at radius 2 is 2.23 bits per heavy atom. The fraction of sp³-hybridized carbons (Fsp3) is 0.750. The van der Waals surface area contributed by atoms with Gasteiger partial charge >= 0.3 is 6.03 Å². The van der Waals surface area contributed by atoms with Crippen LogP contribution in [0.15, 0.2) is 0 Å². The summed E-state index contributed by atoms with van der Waals surface area (Å²) in [6.07, 6.45) is 0.535. The number of ether oxygens (including phenoxy) is 1. The molecule has 3 N–H and O–H groups in total. The average molecular weight is 189 g/mol. The van der Waals surface area contributed by atoms with Gasteiger partial charge in [0.25, 0.3) is 0 Å². The number of carbonyl (C=O) groups is 1. The van der Waals surface area contributed by atoms with Crippen LogP contribution in [-0.2, 0) is 4.74 Å². The summed E-state index contributed by atoms with van der Waals surface area (Å²) in [6, 6.07) is -0.485. The molecule has 0 saturated heterocycles. The number of hydrogen-bond acceptors (Lipinski definition) is 3. The number of amides is 2. The van der Waals surface area contributed by atoms with Crippen LogP contribution in [0.1, 0.15) is 6.42 Å². The van der Waals surface area contributed by atoms with Crippen molar-refractivity contribution in [3.8, 4) is 0 Å². The molecule has 0 saturated carbocycles. The zero-order chi connectivity index (χ0) is 10.1. The molecule has 0 aliphatic heterocycles. The van der Waals surface area contributed by atoms with E-state index in [9.17, 15) is 4.79 Å². The Hall–Kier alpha value is -0.810. The Kier molecular flexibility index (Phi) is 7.33. The van der Waals surface area contributed by atoms with E-state index >= 15 is 0 Å². The fourth-order valence-corrected chi connectivity index (χ4v) is 0.871. The number of aliphatic hydroxyl groups excluding tert-OH is 1. The number of nitrogens with zero attached hydrogens (tertiary/aromatic N) is 1. The van der Waals surface area contributed by atoms with E-state index in [1.807, 2.05) is 0 Å². The van der Waals surface area contributed by atoms with E-state index in [4.69, 9.17) is 15.6 Å². The Morgan fingerprint density at radius 3 is 2.69 bits per heavy atom. The number of aliphatic hydroxyl groups is 1. The van der Waals surface area contributed by atoms with Gasteiger partial charge in [-0.25, -0.2) is 4.79 Å². The van der Waals surface area contributed by atoms with Gasteiger partial charge in [-0.15, -0.1) is 0 Å². The third-order valence-corrected chi connectivity index (χ3v) is 1.55. The summed E-state index contributed by atoms with van der Waals surface area (Å²) in [5, 5.41) is 8.55. The molecule has 13 heavy (non-hydrogen) atoms. The summed E-state index contributed by atoms with van der Waals surface area (Å²) in [7, 11) is 0. The molecule has 2 amide bonds. The average Bonchev–Trinajstić information content (AvgIpc) is 2.10. The summed E-state index contributed by atoms with van der Waals surface area (Å²) in [5.41, 5.74) is 5.09. The van der Waals surface area contributed by atoms with Gasteiger partial charge in [0.05, 0.1) is 6.61 Å². The molecule has 0 fully saturated rings. The van der Waals surface area contributed by atoms with Crippen molar-refractivity contribution in [2.75, 3.05) is 32.9 Å². The van der Waals surface area contributed by atoms with Gasteiger partial charge in [-0.1, -0.05) is 0 Å². The number of nitrogens with two attached hydrogens (primary N) is 1. The zero-order valence-corrected chi connectivity index (χ0v) is 7.74. The number of carbonyl (C=O) groups excluding carboxylic acids is 1. The molecular formula is C8H17N2O3. The van der Waals surface area contributed by atoms with Crippen LogP contribution < -0.4 is 5.73 Å². The van der Waals surface area contributed by atoms with Crippen molar-refractivity contribution in [2.24, 2.45) is 5.73 Å². The first-order valence-corrected chi connectivity index (χ1v) is 4.24. The molecule has 77 valence electrons. The third kappa shape index (κ3) is 6.36. The molecule has 0 aromatic heterocycles. The Morgan fingerprint density at radius 1 is 1.54 bits per heavy atom.